The highest BCUT2D eigenvalue weighted by molar-refractivity contribution is 7.91. The van der Waals surface area contributed by atoms with Gasteiger partial charge >= 0.3 is 0 Å². The second-order valence-corrected chi connectivity index (χ2v) is 9.25. The van der Waals surface area contributed by atoms with Crippen molar-refractivity contribution in [3.63, 3.8) is 0 Å². The standard InChI is InChI=1S/C18H20N4O4S/c19-17(23)11-4-6-12(7-5-11)20-18(24)16-14-2-1-3-15(14)21-22(16)13-8-9-27(25,26)10-13/h4-7,13H,1-3,8-10H2,(H2,19,23)(H,20,24)/t13-/m1/s1. The van der Waals surface area contributed by atoms with Crippen LogP contribution in [0, 0.1) is 0 Å². The molecule has 1 aliphatic carbocycles. The van der Waals surface area contributed by atoms with Crippen LogP contribution in [0.4, 0.5) is 5.69 Å². The zero-order valence-electron chi connectivity index (χ0n) is 14.6. The summed E-state index contributed by atoms with van der Waals surface area (Å²) < 4.78 is 25.4. The first-order valence-corrected chi connectivity index (χ1v) is 10.7. The molecule has 1 aliphatic heterocycles. The first-order chi connectivity index (χ1) is 12.8. The van der Waals surface area contributed by atoms with Crippen LogP contribution in [0.15, 0.2) is 24.3 Å². The number of sulfone groups is 1. The quantitative estimate of drug-likeness (QED) is 0.811. The number of nitrogens with two attached hydrogens (primary N) is 1. The summed E-state index contributed by atoms with van der Waals surface area (Å²) in [6, 6.07) is 6.00. The fourth-order valence-corrected chi connectivity index (χ4v) is 5.49. The van der Waals surface area contributed by atoms with Gasteiger partial charge in [-0.1, -0.05) is 0 Å². The normalized spacial score (nSPS) is 20.4. The van der Waals surface area contributed by atoms with E-state index in [-0.39, 0.29) is 23.5 Å². The van der Waals surface area contributed by atoms with E-state index in [2.05, 4.69) is 10.4 Å². The van der Waals surface area contributed by atoms with Gasteiger partial charge in [0.1, 0.15) is 5.69 Å². The smallest absolute Gasteiger partial charge is 0.274 e. The number of primary amides is 1. The summed E-state index contributed by atoms with van der Waals surface area (Å²) in [6.45, 7) is 0. The Bertz CT molecular complexity index is 1020. The van der Waals surface area contributed by atoms with Gasteiger partial charge < -0.3 is 11.1 Å². The van der Waals surface area contributed by atoms with Gasteiger partial charge in [-0.15, -0.1) is 0 Å². The molecule has 0 radical (unpaired) electrons. The summed E-state index contributed by atoms with van der Waals surface area (Å²) in [7, 11) is -3.09. The number of nitrogens with zero attached hydrogens (tertiary/aromatic N) is 2. The number of anilines is 1. The molecule has 0 unspecified atom stereocenters. The van der Waals surface area contributed by atoms with Gasteiger partial charge in [0.15, 0.2) is 9.84 Å². The Morgan fingerprint density at radius 3 is 2.56 bits per heavy atom. The monoisotopic (exact) mass is 388 g/mol. The van der Waals surface area contributed by atoms with E-state index in [1.807, 2.05) is 0 Å². The lowest BCUT2D eigenvalue weighted by Gasteiger charge is -2.14. The molecular formula is C18H20N4O4S. The Morgan fingerprint density at radius 1 is 1.19 bits per heavy atom. The molecule has 9 heteroatoms. The highest BCUT2D eigenvalue weighted by Crippen LogP contribution is 2.31. The summed E-state index contributed by atoms with van der Waals surface area (Å²) in [5.74, 6) is -0.716. The molecule has 0 saturated carbocycles. The summed E-state index contributed by atoms with van der Waals surface area (Å²) >= 11 is 0. The number of carbonyl (C=O) groups is 2. The molecule has 2 aromatic rings. The van der Waals surface area contributed by atoms with Crippen molar-refractivity contribution in [2.75, 3.05) is 16.8 Å². The molecule has 2 amide bonds. The zero-order chi connectivity index (χ0) is 19.2. The number of hydrogen-bond donors (Lipinski definition) is 2. The predicted octanol–water partition coefficient (Wildman–Crippen LogP) is 1.08. The minimum atomic E-state index is -3.09. The summed E-state index contributed by atoms with van der Waals surface area (Å²) in [6.07, 6.45) is 2.97. The number of amides is 2. The van der Waals surface area contributed by atoms with E-state index in [1.54, 1.807) is 28.9 Å². The topological polar surface area (TPSA) is 124 Å². The molecule has 2 heterocycles. The van der Waals surface area contributed by atoms with Crippen molar-refractivity contribution in [1.82, 2.24) is 9.78 Å². The third-order valence-electron chi connectivity index (χ3n) is 5.13. The van der Waals surface area contributed by atoms with Gasteiger partial charge in [0, 0.05) is 16.8 Å². The molecule has 1 aromatic carbocycles. The average molecular weight is 388 g/mol. The summed E-state index contributed by atoms with van der Waals surface area (Å²) in [4.78, 5) is 24.1. The zero-order valence-corrected chi connectivity index (χ0v) is 15.5. The first kappa shape index (κ1) is 17.7. The molecular weight excluding hydrogens is 368 g/mol. The highest BCUT2D eigenvalue weighted by Gasteiger charge is 2.35. The average Bonchev–Trinajstić information content (AvgIpc) is 3.28. The molecule has 1 saturated heterocycles. The van der Waals surface area contributed by atoms with Gasteiger partial charge in [0.2, 0.25) is 5.91 Å². The number of benzene rings is 1. The van der Waals surface area contributed by atoms with Crippen molar-refractivity contribution in [2.24, 2.45) is 5.73 Å². The molecule has 27 heavy (non-hydrogen) atoms. The molecule has 1 aromatic heterocycles. The Morgan fingerprint density at radius 2 is 1.93 bits per heavy atom. The van der Waals surface area contributed by atoms with Crippen LogP contribution in [-0.4, -0.2) is 41.5 Å². The van der Waals surface area contributed by atoms with Crippen LogP contribution in [0.5, 0.6) is 0 Å². The Kier molecular flexibility index (Phi) is 4.26. The van der Waals surface area contributed by atoms with Crippen LogP contribution in [0.2, 0.25) is 0 Å². The van der Waals surface area contributed by atoms with Crippen LogP contribution in [0.25, 0.3) is 0 Å². The molecule has 4 rings (SSSR count). The summed E-state index contributed by atoms with van der Waals surface area (Å²) in [5, 5.41) is 7.39. The molecule has 0 spiro atoms. The van der Waals surface area contributed by atoms with Crippen molar-refractivity contribution in [2.45, 2.75) is 31.7 Å². The number of carbonyl (C=O) groups excluding carboxylic acids is 2. The van der Waals surface area contributed by atoms with Crippen LogP contribution in [0.3, 0.4) is 0 Å². The van der Waals surface area contributed by atoms with Gasteiger partial charge in [0.05, 0.1) is 23.2 Å². The van der Waals surface area contributed by atoms with Gasteiger partial charge in [0.25, 0.3) is 5.91 Å². The highest BCUT2D eigenvalue weighted by atomic mass is 32.2. The van der Waals surface area contributed by atoms with Crippen LogP contribution in [-0.2, 0) is 22.7 Å². The first-order valence-electron chi connectivity index (χ1n) is 8.86. The van der Waals surface area contributed by atoms with Crippen molar-refractivity contribution in [3.8, 4) is 0 Å². The van der Waals surface area contributed by atoms with Gasteiger partial charge in [-0.3, -0.25) is 14.3 Å². The second-order valence-electron chi connectivity index (χ2n) is 7.02. The van der Waals surface area contributed by atoms with Gasteiger partial charge in [-0.05, 0) is 49.9 Å². The lowest BCUT2D eigenvalue weighted by molar-refractivity contribution is 0.0996. The van der Waals surface area contributed by atoms with Crippen molar-refractivity contribution < 1.29 is 18.0 Å². The Balaban J connectivity index is 1.64. The third kappa shape index (κ3) is 3.34. The number of aryl methyl sites for hydroxylation is 1. The van der Waals surface area contributed by atoms with Crippen molar-refractivity contribution in [1.29, 1.82) is 0 Å². The van der Waals surface area contributed by atoms with Crippen LogP contribution < -0.4 is 11.1 Å². The molecule has 0 bridgehead atoms. The van der Waals surface area contributed by atoms with Crippen molar-refractivity contribution in [3.05, 3.63) is 46.8 Å². The lowest BCUT2D eigenvalue weighted by Crippen LogP contribution is -2.23. The Labute approximate surface area is 156 Å². The molecule has 3 N–H and O–H groups in total. The van der Waals surface area contributed by atoms with Crippen LogP contribution in [0.1, 0.15) is 51.0 Å². The maximum absolute atomic E-state index is 13.0. The SMILES string of the molecule is NC(=O)c1ccc(NC(=O)c2c3c(nn2[C@@H]2CCS(=O)(=O)C2)CCC3)cc1. The largest absolute Gasteiger partial charge is 0.366 e. The predicted molar refractivity (Wildman–Crippen MR) is 99.5 cm³/mol. The van der Waals surface area contributed by atoms with Crippen LogP contribution >= 0.6 is 0 Å². The molecule has 8 nitrogen and oxygen atoms in total. The number of fused-ring (bicyclic) bond motifs is 1. The molecule has 142 valence electrons. The molecule has 1 fully saturated rings. The third-order valence-corrected chi connectivity index (χ3v) is 6.88. The number of hydrogen-bond acceptors (Lipinski definition) is 5. The van der Waals surface area contributed by atoms with Gasteiger partial charge in [-0.25, -0.2) is 8.42 Å². The minimum absolute atomic E-state index is 0.0150. The second kappa shape index (κ2) is 6.49. The van der Waals surface area contributed by atoms with E-state index in [4.69, 9.17) is 5.73 Å². The van der Waals surface area contributed by atoms with Crippen molar-refractivity contribution >= 4 is 27.3 Å². The Hall–Kier alpha value is -2.68. The van der Waals surface area contributed by atoms with E-state index >= 15 is 0 Å². The van der Waals surface area contributed by atoms with E-state index < -0.39 is 15.7 Å². The lowest BCUT2D eigenvalue weighted by atomic mass is 10.1. The molecule has 1 atom stereocenters. The maximum Gasteiger partial charge on any atom is 0.274 e. The summed E-state index contributed by atoms with van der Waals surface area (Å²) in [5.41, 5.74) is 8.35. The minimum Gasteiger partial charge on any atom is -0.366 e. The number of rotatable bonds is 4. The fraction of sp³-hybridized carbons (Fsp3) is 0.389. The fourth-order valence-electron chi connectivity index (χ4n) is 3.79. The maximum atomic E-state index is 13.0. The van der Waals surface area contributed by atoms with E-state index in [9.17, 15) is 18.0 Å². The van der Waals surface area contributed by atoms with E-state index in [0.29, 0.717) is 23.4 Å². The van der Waals surface area contributed by atoms with E-state index in [0.717, 1.165) is 30.5 Å². The number of aromatic nitrogens is 2. The van der Waals surface area contributed by atoms with E-state index in [1.165, 1.54) is 0 Å². The number of nitrogens with one attached hydrogen (secondary N) is 1. The van der Waals surface area contributed by atoms with Gasteiger partial charge in [-0.2, -0.15) is 5.10 Å². The molecule has 2 aliphatic rings.